The zero-order chi connectivity index (χ0) is 15.4. The van der Waals surface area contributed by atoms with Crippen molar-refractivity contribution < 1.29 is 9.13 Å². The molecule has 0 spiro atoms. The highest BCUT2D eigenvalue weighted by Gasteiger charge is 2.17. The number of hydrogen-bond acceptors (Lipinski definition) is 2. The number of benzene rings is 2. The highest BCUT2D eigenvalue weighted by Crippen LogP contribution is 2.27. The van der Waals surface area contributed by atoms with E-state index in [1.807, 2.05) is 58.2 Å². The molecule has 1 atom stereocenters. The highest BCUT2D eigenvalue weighted by molar-refractivity contribution is 5.38. The summed E-state index contributed by atoms with van der Waals surface area (Å²) in [5.41, 5.74) is 2.68. The molecule has 0 aliphatic heterocycles. The van der Waals surface area contributed by atoms with Gasteiger partial charge >= 0.3 is 0 Å². The van der Waals surface area contributed by atoms with Crippen molar-refractivity contribution in [3.05, 3.63) is 65.0 Å². The molecule has 112 valence electrons. The van der Waals surface area contributed by atoms with Gasteiger partial charge in [0.2, 0.25) is 0 Å². The SMILES string of the molecule is CNC(c1cccc(OC(C)C)c1)c1cc(C)ccc1F. The average Bonchev–Trinajstić information content (AvgIpc) is 2.43. The monoisotopic (exact) mass is 287 g/mol. The Morgan fingerprint density at radius 1 is 1.10 bits per heavy atom. The number of rotatable bonds is 5. The van der Waals surface area contributed by atoms with Crippen LogP contribution in [0.1, 0.15) is 36.6 Å². The molecule has 3 heteroatoms. The zero-order valence-electron chi connectivity index (χ0n) is 13.0. The standard InChI is InChI=1S/C18H22FNO/c1-12(2)21-15-7-5-6-14(11-15)18(20-4)16-10-13(3)8-9-17(16)19/h5-12,18,20H,1-4H3. The molecule has 0 saturated heterocycles. The molecule has 0 bridgehead atoms. The van der Waals surface area contributed by atoms with E-state index in [4.69, 9.17) is 4.74 Å². The fraction of sp³-hybridized carbons (Fsp3) is 0.333. The molecular weight excluding hydrogens is 265 g/mol. The zero-order valence-corrected chi connectivity index (χ0v) is 13.0. The Kier molecular flexibility index (Phi) is 4.97. The molecular formula is C18H22FNO. The molecule has 0 saturated carbocycles. The van der Waals surface area contributed by atoms with Crippen LogP contribution in [0.2, 0.25) is 0 Å². The predicted octanol–water partition coefficient (Wildman–Crippen LogP) is 4.23. The minimum atomic E-state index is -0.199. The van der Waals surface area contributed by atoms with Crippen molar-refractivity contribution in [3.8, 4) is 5.75 Å². The van der Waals surface area contributed by atoms with Crippen molar-refractivity contribution >= 4 is 0 Å². The number of nitrogens with one attached hydrogen (secondary N) is 1. The molecule has 2 aromatic rings. The fourth-order valence-corrected chi connectivity index (χ4v) is 2.43. The van der Waals surface area contributed by atoms with Gasteiger partial charge in [0.1, 0.15) is 11.6 Å². The number of aryl methyl sites for hydroxylation is 1. The van der Waals surface area contributed by atoms with Crippen LogP contribution in [-0.4, -0.2) is 13.2 Å². The van der Waals surface area contributed by atoms with Gasteiger partial charge in [0.05, 0.1) is 12.1 Å². The number of hydrogen-bond donors (Lipinski definition) is 1. The Morgan fingerprint density at radius 2 is 1.86 bits per heavy atom. The maximum atomic E-state index is 14.1. The lowest BCUT2D eigenvalue weighted by atomic mass is 9.97. The van der Waals surface area contributed by atoms with E-state index < -0.39 is 0 Å². The lowest BCUT2D eigenvalue weighted by Gasteiger charge is -2.20. The molecule has 1 N–H and O–H groups in total. The van der Waals surface area contributed by atoms with Crippen LogP contribution in [0.3, 0.4) is 0 Å². The first-order valence-corrected chi connectivity index (χ1v) is 7.21. The third-order valence-electron chi connectivity index (χ3n) is 3.31. The fourth-order valence-electron chi connectivity index (χ4n) is 2.43. The minimum Gasteiger partial charge on any atom is -0.491 e. The molecule has 0 aromatic heterocycles. The Morgan fingerprint density at radius 3 is 2.52 bits per heavy atom. The molecule has 2 nitrogen and oxygen atoms in total. The van der Waals surface area contributed by atoms with E-state index in [0.29, 0.717) is 5.56 Å². The van der Waals surface area contributed by atoms with Crippen molar-refractivity contribution in [1.29, 1.82) is 0 Å². The molecule has 0 heterocycles. The summed E-state index contributed by atoms with van der Waals surface area (Å²) in [4.78, 5) is 0. The Bertz CT molecular complexity index is 610. The molecule has 0 amide bonds. The lowest BCUT2D eigenvalue weighted by molar-refractivity contribution is 0.242. The topological polar surface area (TPSA) is 21.3 Å². The van der Waals surface area contributed by atoms with Gasteiger partial charge < -0.3 is 10.1 Å². The molecule has 0 radical (unpaired) electrons. The van der Waals surface area contributed by atoms with Crippen molar-refractivity contribution in [2.24, 2.45) is 0 Å². The summed E-state index contributed by atoms with van der Waals surface area (Å²) in [6.45, 7) is 5.94. The van der Waals surface area contributed by atoms with Gasteiger partial charge in [-0.2, -0.15) is 0 Å². The van der Waals surface area contributed by atoms with Crippen molar-refractivity contribution in [2.45, 2.75) is 32.9 Å². The summed E-state index contributed by atoms with van der Waals surface area (Å²) in [5, 5.41) is 3.19. The maximum Gasteiger partial charge on any atom is 0.128 e. The molecule has 2 rings (SSSR count). The van der Waals surface area contributed by atoms with Crippen LogP contribution in [0.25, 0.3) is 0 Å². The first-order chi connectivity index (χ1) is 10.0. The van der Waals surface area contributed by atoms with Gasteiger partial charge in [-0.25, -0.2) is 4.39 Å². The number of halogens is 1. The Labute approximate surface area is 126 Å². The second kappa shape index (κ2) is 6.72. The van der Waals surface area contributed by atoms with Gasteiger partial charge in [0.25, 0.3) is 0 Å². The predicted molar refractivity (Wildman–Crippen MR) is 84.2 cm³/mol. The first-order valence-electron chi connectivity index (χ1n) is 7.21. The summed E-state index contributed by atoms with van der Waals surface area (Å²) < 4.78 is 19.8. The van der Waals surface area contributed by atoms with Gasteiger partial charge in [-0.05, 0) is 51.6 Å². The van der Waals surface area contributed by atoms with Crippen LogP contribution in [-0.2, 0) is 0 Å². The van der Waals surface area contributed by atoms with E-state index in [2.05, 4.69) is 5.32 Å². The van der Waals surface area contributed by atoms with Crippen LogP contribution in [0.15, 0.2) is 42.5 Å². The summed E-state index contributed by atoms with van der Waals surface area (Å²) in [7, 11) is 1.84. The second-order valence-electron chi connectivity index (χ2n) is 5.49. The lowest BCUT2D eigenvalue weighted by Crippen LogP contribution is -2.19. The molecule has 0 fully saturated rings. The van der Waals surface area contributed by atoms with Gasteiger partial charge in [-0.15, -0.1) is 0 Å². The number of ether oxygens (including phenoxy) is 1. The normalized spacial score (nSPS) is 12.5. The van der Waals surface area contributed by atoms with Crippen LogP contribution in [0, 0.1) is 12.7 Å². The first kappa shape index (κ1) is 15.5. The molecule has 21 heavy (non-hydrogen) atoms. The van der Waals surface area contributed by atoms with E-state index in [-0.39, 0.29) is 18.0 Å². The summed E-state index contributed by atoms with van der Waals surface area (Å²) in [6, 6.07) is 12.8. The molecule has 0 aliphatic carbocycles. The Hall–Kier alpha value is -1.87. The van der Waals surface area contributed by atoms with E-state index >= 15 is 0 Å². The third kappa shape index (κ3) is 3.82. The van der Waals surface area contributed by atoms with Gasteiger partial charge in [-0.1, -0.05) is 29.8 Å². The largest absolute Gasteiger partial charge is 0.491 e. The van der Waals surface area contributed by atoms with E-state index in [1.54, 1.807) is 6.07 Å². The van der Waals surface area contributed by atoms with E-state index in [9.17, 15) is 4.39 Å². The minimum absolute atomic E-state index is 0.115. The molecule has 0 aliphatic rings. The Balaban J connectivity index is 2.39. The highest BCUT2D eigenvalue weighted by atomic mass is 19.1. The van der Waals surface area contributed by atoms with Crippen molar-refractivity contribution in [2.75, 3.05) is 7.05 Å². The van der Waals surface area contributed by atoms with Gasteiger partial charge in [0, 0.05) is 5.56 Å². The van der Waals surface area contributed by atoms with E-state index in [1.165, 1.54) is 6.07 Å². The van der Waals surface area contributed by atoms with E-state index in [0.717, 1.165) is 16.9 Å². The molecule has 1 unspecified atom stereocenters. The van der Waals surface area contributed by atoms with Crippen LogP contribution < -0.4 is 10.1 Å². The maximum absolute atomic E-state index is 14.1. The summed E-state index contributed by atoms with van der Waals surface area (Å²) in [5.74, 6) is 0.603. The second-order valence-corrected chi connectivity index (χ2v) is 5.49. The summed E-state index contributed by atoms with van der Waals surface area (Å²) >= 11 is 0. The quantitative estimate of drug-likeness (QED) is 0.888. The average molecular weight is 287 g/mol. The molecule has 2 aromatic carbocycles. The van der Waals surface area contributed by atoms with Crippen molar-refractivity contribution in [1.82, 2.24) is 5.32 Å². The third-order valence-corrected chi connectivity index (χ3v) is 3.31. The van der Waals surface area contributed by atoms with Gasteiger partial charge in [-0.3, -0.25) is 0 Å². The van der Waals surface area contributed by atoms with Crippen LogP contribution in [0.4, 0.5) is 4.39 Å². The smallest absolute Gasteiger partial charge is 0.128 e. The van der Waals surface area contributed by atoms with Crippen LogP contribution >= 0.6 is 0 Å². The summed E-state index contributed by atoms with van der Waals surface area (Å²) in [6.07, 6.45) is 0.115. The van der Waals surface area contributed by atoms with Crippen molar-refractivity contribution in [3.63, 3.8) is 0 Å². The van der Waals surface area contributed by atoms with Crippen LogP contribution in [0.5, 0.6) is 5.75 Å². The van der Waals surface area contributed by atoms with Gasteiger partial charge in [0.15, 0.2) is 0 Å².